The van der Waals surface area contributed by atoms with Crippen molar-refractivity contribution in [1.29, 1.82) is 0 Å². The lowest BCUT2D eigenvalue weighted by Crippen LogP contribution is -2.54. The molecule has 0 aliphatic carbocycles. The molecule has 4 aromatic heterocycles. The highest BCUT2D eigenvalue weighted by atomic mass is 19.1. The third kappa shape index (κ3) is 8.52. The Hall–Kier alpha value is -6.16. The fraction of sp³-hybridized carbons (Fsp3) is 0.447. The van der Waals surface area contributed by atoms with Gasteiger partial charge < -0.3 is 40.0 Å². The molecule has 0 bridgehead atoms. The van der Waals surface area contributed by atoms with E-state index in [4.69, 9.17) is 4.74 Å². The Morgan fingerprint density at radius 3 is 1.89 bits per heavy atom. The fourth-order valence-electron chi connectivity index (χ4n) is 10.2. The van der Waals surface area contributed by atoms with Crippen LogP contribution >= 0.6 is 0 Å². The summed E-state index contributed by atoms with van der Waals surface area (Å²) in [5.41, 5.74) is 3.17. The van der Waals surface area contributed by atoms with Crippen molar-refractivity contribution in [2.45, 2.75) is 103 Å². The molecule has 4 aliphatic rings. The number of fused-ring (bicyclic) bond motifs is 4. The van der Waals surface area contributed by atoms with Crippen LogP contribution in [0.15, 0.2) is 85.7 Å². The van der Waals surface area contributed by atoms with Crippen LogP contribution in [0, 0.1) is 17.6 Å². The molecule has 7 atom stereocenters. The predicted octanol–water partition coefficient (Wildman–Crippen LogP) is 7.29. The van der Waals surface area contributed by atoms with Crippen molar-refractivity contribution in [3.63, 3.8) is 0 Å². The summed E-state index contributed by atoms with van der Waals surface area (Å²) in [7, 11) is 0. The summed E-state index contributed by atoms with van der Waals surface area (Å²) in [6.45, 7) is 12.2. The quantitative estimate of drug-likeness (QED) is 0.128. The summed E-state index contributed by atoms with van der Waals surface area (Å²) in [6.07, 6.45) is 12.2. The Morgan fingerprint density at radius 1 is 0.794 bits per heavy atom. The summed E-state index contributed by atoms with van der Waals surface area (Å²) < 4.78 is 32.8. The molecule has 0 saturated carbocycles. The Kier molecular flexibility index (Phi) is 12.1. The van der Waals surface area contributed by atoms with E-state index in [0.29, 0.717) is 42.6 Å². The minimum absolute atomic E-state index is 0. The van der Waals surface area contributed by atoms with Crippen molar-refractivity contribution in [3.8, 4) is 0 Å². The lowest BCUT2D eigenvalue weighted by atomic mass is 9.90. The van der Waals surface area contributed by atoms with E-state index in [-0.39, 0.29) is 48.9 Å². The number of aromatic amines is 2. The first-order valence-corrected chi connectivity index (χ1v) is 21.5. The van der Waals surface area contributed by atoms with E-state index in [2.05, 4.69) is 50.3 Å². The number of anilines is 2. The monoisotopic (exact) mass is 861 g/mol. The summed E-state index contributed by atoms with van der Waals surface area (Å²) in [6, 6.07) is 13.2. The minimum atomic E-state index is -0.733. The number of nitrogens with zero attached hydrogens (tertiary/aromatic N) is 7. The number of likely N-dealkylation sites (tertiary alicyclic amines) is 1. The maximum atomic E-state index is 14.0. The standard InChI is InChI=1S/C28H35FN6O3.C18H18FN5.CH4/c1-16(2)23(33-27(37)38-28(3,4)5)25(36)34-12-9-22-24(34)20(15-35(22)26-30-10-6-11-31-26)19-14-32-21-13-17(29)7-8-18(19)21;19-11-2-3-12-13(9-23-15(12)8-11)14-10-24(16-4-7-20-17(14)16)18-21-5-1-6-22-18;/h6-8,10-11,13-14,16,20,22-24,32H,9,12,15H2,1-5H3,(H,33,37);1-3,5-6,8-9,14,16-17,20,23H,4,7,10H2;1H4/t20-,22-,23+,24-;14-,16-,17-;/m11./s1. The Morgan fingerprint density at radius 2 is 1.33 bits per heavy atom. The van der Waals surface area contributed by atoms with Gasteiger partial charge in [0, 0.05) is 103 Å². The van der Waals surface area contributed by atoms with Crippen LogP contribution in [0.1, 0.15) is 77.8 Å². The summed E-state index contributed by atoms with van der Waals surface area (Å²) in [5.74, 6) is 0.897. The first-order valence-electron chi connectivity index (χ1n) is 21.5. The molecule has 63 heavy (non-hydrogen) atoms. The Balaban J connectivity index is 0.000000187. The van der Waals surface area contributed by atoms with E-state index in [1.54, 1.807) is 63.8 Å². The zero-order valence-corrected chi connectivity index (χ0v) is 35.6. The maximum Gasteiger partial charge on any atom is 0.408 e. The van der Waals surface area contributed by atoms with Gasteiger partial charge in [-0.2, -0.15) is 0 Å². The van der Waals surface area contributed by atoms with Gasteiger partial charge in [0.1, 0.15) is 23.3 Å². The topological polar surface area (TPSA) is 160 Å². The number of carbonyl (C=O) groups excluding carboxylic acids is 2. The van der Waals surface area contributed by atoms with Gasteiger partial charge in [-0.1, -0.05) is 21.3 Å². The van der Waals surface area contributed by atoms with Crippen LogP contribution in [0.3, 0.4) is 0 Å². The molecule has 0 unspecified atom stereocenters. The van der Waals surface area contributed by atoms with Gasteiger partial charge in [0.05, 0.1) is 12.1 Å². The second-order valence-corrected chi connectivity index (χ2v) is 18.1. The van der Waals surface area contributed by atoms with Gasteiger partial charge in [-0.25, -0.2) is 33.5 Å². The van der Waals surface area contributed by atoms with Crippen molar-refractivity contribution < 1.29 is 23.1 Å². The predicted molar refractivity (Wildman–Crippen MR) is 240 cm³/mol. The molecule has 4 saturated heterocycles. The van der Waals surface area contributed by atoms with Crippen molar-refractivity contribution in [3.05, 3.63) is 108 Å². The second kappa shape index (κ2) is 17.5. The molecule has 2 aromatic carbocycles. The van der Waals surface area contributed by atoms with Gasteiger partial charge in [0.15, 0.2) is 0 Å². The molecular weight excluding hydrogens is 805 g/mol. The number of amides is 2. The van der Waals surface area contributed by atoms with Crippen molar-refractivity contribution in [1.82, 2.24) is 45.4 Å². The van der Waals surface area contributed by atoms with Gasteiger partial charge in [-0.15, -0.1) is 0 Å². The van der Waals surface area contributed by atoms with E-state index in [9.17, 15) is 18.4 Å². The number of halogens is 2. The zero-order valence-electron chi connectivity index (χ0n) is 35.6. The highest BCUT2D eigenvalue weighted by molar-refractivity contribution is 5.88. The summed E-state index contributed by atoms with van der Waals surface area (Å²) >= 11 is 0. The van der Waals surface area contributed by atoms with Gasteiger partial charge in [0.2, 0.25) is 17.8 Å². The molecule has 8 heterocycles. The first-order chi connectivity index (χ1) is 29.8. The molecule has 4 fully saturated rings. The number of hydrogen-bond donors (Lipinski definition) is 4. The smallest absolute Gasteiger partial charge is 0.408 e. The SMILES string of the molecule is C.CC(C)[C@H](NC(=O)OC(C)(C)C)C(=O)N1CC[C@@H]2[C@H]1[C@@H](c1c[nH]c3cc(F)ccc13)CN2c1ncccn1.Fc1ccc2c([C@H]3CN(c4ncccn4)[C@@H]4CCN[C@H]34)c[nH]c2c1. The summed E-state index contributed by atoms with van der Waals surface area (Å²) in [4.78, 5) is 57.4. The van der Waals surface area contributed by atoms with Crippen LogP contribution in [-0.2, 0) is 9.53 Å². The van der Waals surface area contributed by atoms with E-state index < -0.39 is 17.7 Å². The normalized spacial score (nSPS) is 23.3. The molecule has 10 rings (SSSR count). The molecule has 4 aliphatic heterocycles. The van der Waals surface area contributed by atoms with Gasteiger partial charge in [-0.05, 0) is 106 Å². The number of alkyl carbamates (subject to hydrolysis) is 1. The van der Waals surface area contributed by atoms with E-state index in [0.717, 1.165) is 53.7 Å². The number of benzene rings is 2. The number of rotatable bonds is 7. The third-order valence-corrected chi connectivity index (χ3v) is 12.7. The number of carbonyl (C=O) groups is 2. The highest BCUT2D eigenvalue weighted by Gasteiger charge is 2.53. The maximum absolute atomic E-state index is 14.0. The summed E-state index contributed by atoms with van der Waals surface area (Å²) in [5, 5.41) is 8.50. The molecule has 16 heteroatoms. The Bertz CT molecular complexity index is 2550. The lowest BCUT2D eigenvalue weighted by molar-refractivity contribution is -0.135. The van der Waals surface area contributed by atoms with Crippen LogP contribution < -0.4 is 20.4 Å². The number of H-pyrrole nitrogens is 2. The van der Waals surface area contributed by atoms with Gasteiger partial charge >= 0.3 is 6.09 Å². The van der Waals surface area contributed by atoms with E-state index >= 15 is 0 Å². The zero-order chi connectivity index (χ0) is 43.3. The average Bonchev–Trinajstić information content (AvgIpc) is 4.10. The van der Waals surface area contributed by atoms with Gasteiger partial charge in [-0.3, -0.25) is 4.79 Å². The second-order valence-electron chi connectivity index (χ2n) is 18.1. The minimum Gasteiger partial charge on any atom is -0.444 e. The molecule has 2 amide bonds. The fourth-order valence-corrected chi connectivity index (χ4v) is 10.2. The molecule has 6 aromatic rings. The molecule has 0 spiro atoms. The largest absolute Gasteiger partial charge is 0.444 e. The number of aromatic nitrogens is 6. The molecule has 332 valence electrons. The van der Waals surface area contributed by atoms with E-state index in [1.165, 1.54) is 23.8 Å². The number of hydrogen-bond acceptors (Lipinski definition) is 10. The highest BCUT2D eigenvalue weighted by Crippen LogP contribution is 2.45. The molecule has 0 radical (unpaired) electrons. The van der Waals surface area contributed by atoms with Crippen molar-refractivity contribution >= 4 is 45.7 Å². The van der Waals surface area contributed by atoms with Crippen molar-refractivity contribution in [2.75, 3.05) is 36.0 Å². The molecule has 14 nitrogen and oxygen atoms in total. The molecule has 4 N–H and O–H groups in total. The van der Waals surface area contributed by atoms with Gasteiger partial charge in [0.25, 0.3) is 0 Å². The first kappa shape index (κ1) is 43.5. The average molecular weight is 862 g/mol. The van der Waals surface area contributed by atoms with Crippen LogP contribution in [0.25, 0.3) is 21.8 Å². The van der Waals surface area contributed by atoms with Crippen LogP contribution in [-0.4, -0.2) is 109 Å². The number of nitrogens with one attached hydrogen (secondary N) is 4. The van der Waals surface area contributed by atoms with Crippen LogP contribution in [0.5, 0.6) is 0 Å². The number of ether oxygens (including phenoxy) is 1. The Labute approximate surface area is 366 Å². The lowest BCUT2D eigenvalue weighted by Gasteiger charge is -2.33. The van der Waals surface area contributed by atoms with Crippen molar-refractivity contribution in [2.24, 2.45) is 5.92 Å². The molecular formula is C47H57F2N11O3. The van der Waals surface area contributed by atoms with E-state index in [1.807, 2.05) is 43.3 Å². The van der Waals surface area contributed by atoms with Crippen LogP contribution in [0.4, 0.5) is 25.5 Å². The third-order valence-electron chi connectivity index (χ3n) is 12.7. The van der Waals surface area contributed by atoms with Crippen LogP contribution in [0.2, 0.25) is 0 Å².